The maximum absolute atomic E-state index is 16.1. The fraction of sp³-hybridized carbons (Fsp3) is 0.528. The molecule has 2 aliphatic heterocycles. The van der Waals surface area contributed by atoms with Crippen LogP contribution in [0.5, 0.6) is 0 Å². The standard InChI is InChI=1S/C36H36F4I2N4S4Si.C24H36S2Si.C6F2I2N2S.6CH3.2Sn/c1-5-9-11-17(7-3)15-51(16-18(8-4)12-10-6-2)21-13-19(23-25(37)27(39)29(41)33-31(23)43-49-45-33)47-35(21)36-22(51)14-20(48-36)24-26(38)28(40)30(42)34-32(24)44-50-46-34;1-5-9-11-19(7-3)17-27(18-20(8-4)12-10-6-2)21-13-15-25-23(21)24-22(27)14-16-26-24;7-1-2(8)4(10)6-5(3(1)9)11-13-12-6;;;;;;;;/h13-14,17-18H,5-12,15-16H2,1-4H3;13-14,19-20H,5-12,17-18H2,1-4H3;;6*1H3;;. The van der Waals surface area contributed by atoms with E-state index in [1.807, 2.05) is 61.3 Å². The molecule has 6 nitrogen and oxygen atoms in total. The topological polar surface area (TPSA) is 77.3 Å². The second kappa shape index (κ2) is 35.0. The third-order valence-corrected chi connectivity index (χ3v) is 61.5. The Morgan fingerprint density at radius 3 is 0.859 bits per heavy atom. The summed E-state index contributed by atoms with van der Waals surface area (Å²) in [5.41, 5.74) is 2.70. The minimum absolute atomic E-state index is 0.133. The van der Waals surface area contributed by atoms with Gasteiger partial charge < -0.3 is 0 Å². The van der Waals surface area contributed by atoms with Crippen molar-refractivity contribution in [2.45, 2.75) is 212 Å². The summed E-state index contributed by atoms with van der Waals surface area (Å²) < 4.78 is 119. The van der Waals surface area contributed by atoms with Crippen molar-refractivity contribution < 1.29 is 26.3 Å². The van der Waals surface area contributed by atoms with Crippen molar-refractivity contribution in [3.05, 3.63) is 73.4 Å². The molecule has 4 atom stereocenters. The van der Waals surface area contributed by atoms with Crippen molar-refractivity contribution in [3.8, 4) is 40.4 Å². The molecule has 99 heavy (non-hydrogen) atoms. The van der Waals surface area contributed by atoms with E-state index >= 15 is 17.6 Å². The molecule has 0 spiro atoms. The van der Waals surface area contributed by atoms with Crippen molar-refractivity contribution in [3.63, 3.8) is 0 Å². The van der Waals surface area contributed by atoms with Gasteiger partial charge >= 0.3 is 238 Å². The van der Waals surface area contributed by atoms with Gasteiger partial charge in [0.2, 0.25) is 0 Å². The zero-order valence-corrected chi connectivity index (χ0v) is 81.1. The molecule has 0 fully saturated rings. The molecule has 0 aliphatic carbocycles. The van der Waals surface area contributed by atoms with E-state index in [1.165, 1.54) is 96.5 Å². The van der Waals surface area contributed by atoms with Gasteiger partial charge in [0.1, 0.15) is 41.2 Å². The number of hydrogen-bond acceptors (Lipinski definition) is 13. The van der Waals surface area contributed by atoms with Crippen LogP contribution < -0.4 is 26.5 Å². The van der Waals surface area contributed by atoms with Crippen LogP contribution in [-0.2, 0) is 0 Å². The van der Waals surface area contributed by atoms with Crippen LogP contribution in [0.25, 0.3) is 73.5 Å². The Bertz CT molecular complexity index is 4220. The minimum atomic E-state index is -2.63. The molecular formula is C72H90F6I4N6S7Si2Sn2. The molecule has 2 aliphatic rings. The van der Waals surface area contributed by atoms with Crippen LogP contribution in [-0.4, -0.2) is 79.1 Å². The molecule has 10 aromatic rings. The number of unbranched alkanes of at least 4 members (excludes halogenated alkanes) is 4. The maximum atomic E-state index is 16.1. The zero-order chi connectivity index (χ0) is 71.8. The number of halogens is 10. The van der Waals surface area contributed by atoms with Crippen LogP contribution in [0.15, 0.2) is 24.3 Å². The Morgan fingerprint density at radius 1 is 0.354 bits per heavy atom. The summed E-state index contributed by atoms with van der Waals surface area (Å²) in [6, 6.07) is 15.1. The third-order valence-electron chi connectivity index (χ3n) is 20.7. The Balaban J connectivity index is 0.000000189. The summed E-state index contributed by atoms with van der Waals surface area (Å²) in [6.45, 7) is 18.7. The SMILES string of the molecule is CCCCC(CC)C[Si]1(CC(CC)CCCC)c2c[c]([Sn]([CH3])([CH3])[CH3])sc2-c2s[c]([Sn]([CH3])([CH3])[CH3])cc21.CCCCC(CC)C[Si]1(CC(CC)CCCC)c2cc(-c3c(F)c(F)c(I)c4nsnc34)sc2-c2sc(-c3c(F)c(F)c(I)c4nsnc34)cc21.Fc1c(F)c(I)c2nsnc2c1I. The van der Waals surface area contributed by atoms with Gasteiger partial charge in [-0.15, -0.1) is 22.7 Å². The van der Waals surface area contributed by atoms with Crippen LogP contribution in [0.1, 0.15) is 158 Å². The summed E-state index contributed by atoms with van der Waals surface area (Å²) in [5.74, 6) is -2.53. The first kappa shape index (κ1) is 82.0. The number of hydrogen-bond donors (Lipinski definition) is 0. The number of nitrogens with zero attached hydrogens (tertiary/aromatic N) is 6. The van der Waals surface area contributed by atoms with Gasteiger partial charge in [-0.25, -0.2) is 26.3 Å². The van der Waals surface area contributed by atoms with Crippen molar-refractivity contribution in [2.75, 3.05) is 0 Å². The predicted octanol–water partition coefficient (Wildman–Crippen LogP) is 24.9. The van der Waals surface area contributed by atoms with E-state index < -0.39 is 87.8 Å². The molecule has 12 rings (SSSR count). The average molecular weight is 2180 g/mol. The minimum Gasteiger partial charge on any atom is -0.203 e. The van der Waals surface area contributed by atoms with Gasteiger partial charge in [0.15, 0.2) is 34.9 Å². The number of thiophene rings is 4. The van der Waals surface area contributed by atoms with Crippen LogP contribution in [0.2, 0.25) is 53.8 Å². The molecular weight excluding hydrogens is 2090 g/mol. The van der Waals surface area contributed by atoms with Crippen LogP contribution in [0.4, 0.5) is 26.3 Å². The molecule has 27 heteroatoms. The van der Waals surface area contributed by atoms with Gasteiger partial charge in [-0.3, -0.25) is 0 Å². The Morgan fingerprint density at radius 2 is 0.596 bits per heavy atom. The summed E-state index contributed by atoms with van der Waals surface area (Å²) in [4.78, 5) is 22.7. The molecule has 7 aromatic heterocycles. The van der Waals surface area contributed by atoms with Crippen molar-refractivity contribution in [2.24, 2.45) is 23.7 Å². The van der Waals surface area contributed by atoms with E-state index in [0.29, 0.717) is 54.7 Å². The van der Waals surface area contributed by atoms with E-state index in [1.54, 1.807) is 54.9 Å². The molecule has 9 heterocycles. The summed E-state index contributed by atoms with van der Waals surface area (Å²) in [7, 11) is -4.40. The van der Waals surface area contributed by atoms with Gasteiger partial charge in [-0.2, -0.15) is 26.2 Å². The average Bonchev–Trinajstić information content (AvgIpc) is 1.54. The fourth-order valence-corrected chi connectivity index (χ4v) is 51.8. The Kier molecular flexibility index (Phi) is 29.0. The molecule has 0 bridgehead atoms. The molecule has 4 unspecified atom stereocenters. The van der Waals surface area contributed by atoms with E-state index in [9.17, 15) is 8.78 Å². The molecule has 0 N–H and O–H groups in total. The van der Waals surface area contributed by atoms with Crippen molar-refractivity contribution in [1.29, 1.82) is 0 Å². The number of rotatable bonds is 28. The largest absolute Gasteiger partial charge is 0.203 e. The van der Waals surface area contributed by atoms with Gasteiger partial charge in [0.25, 0.3) is 0 Å². The maximum Gasteiger partial charge on any atom is 0.175 e. The molecule has 0 amide bonds. The number of benzene rings is 3. The van der Waals surface area contributed by atoms with Gasteiger partial charge in [-0.05, 0) is 137 Å². The van der Waals surface area contributed by atoms with Crippen LogP contribution in [0.3, 0.4) is 0 Å². The summed E-state index contributed by atoms with van der Waals surface area (Å²) in [5, 5.41) is 6.38. The van der Waals surface area contributed by atoms with E-state index in [4.69, 9.17) is 0 Å². The van der Waals surface area contributed by atoms with E-state index in [0.717, 1.165) is 120 Å². The van der Waals surface area contributed by atoms with E-state index in [-0.39, 0.29) is 25.4 Å². The first-order valence-electron chi connectivity index (χ1n) is 35.2. The van der Waals surface area contributed by atoms with Crippen LogP contribution >= 0.6 is 171 Å². The Hall–Kier alpha value is 0.451. The zero-order valence-electron chi connectivity index (χ0n) is 59.1. The molecule has 3 aromatic carbocycles. The normalized spacial score (nSPS) is 15.1. The van der Waals surface area contributed by atoms with Crippen molar-refractivity contribution in [1.82, 2.24) is 26.2 Å². The van der Waals surface area contributed by atoms with Crippen molar-refractivity contribution >= 4 is 283 Å². The fourth-order valence-electron chi connectivity index (χ4n) is 14.9. The van der Waals surface area contributed by atoms with Crippen LogP contribution in [0, 0.1) is 72.9 Å². The number of aromatic nitrogens is 6. The third kappa shape index (κ3) is 16.7. The van der Waals surface area contributed by atoms with Gasteiger partial charge in [-0.1, -0.05) is 79.1 Å². The summed E-state index contributed by atoms with van der Waals surface area (Å²) in [6.07, 6.45) is 20.0. The smallest absolute Gasteiger partial charge is 0.175 e. The van der Waals surface area contributed by atoms with Gasteiger partial charge in [0.05, 0.1) is 60.6 Å². The number of fused-ring (bicyclic) bond motifs is 9. The second-order valence-corrected chi connectivity index (χ2v) is 78.4. The second-order valence-electron chi connectivity index (χ2n) is 29.3. The molecule has 0 saturated heterocycles. The molecule has 536 valence electrons. The predicted molar refractivity (Wildman–Crippen MR) is 465 cm³/mol. The summed E-state index contributed by atoms with van der Waals surface area (Å²) >= 11 is 13.2. The first-order valence-corrected chi connectivity index (χ1v) is 69.8. The Labute approximate surface area is 675 Å². The van der Waals surface area contributed by atoms with E-state index in [2.05, 4.69) is 158 Å². The molecule has 0 radical (unpaired) electrons. The molecule has 0 saturated carbocycles. The monoisotopic (exact) mass is 2180 g/mol. The first-order chi connectivity index (χ1) is 47.1. The quantitative estimate of drug-likeness (QED) is 0.0160. The van der Waals surface area contributed by atoms with Gasteiger partial charge in [0, 0.05) is 19.5 Å².